The topological polar surface area (TPSA) is 128 Å². The summed E-state index contributed by atoms with van der Waals surface area (Å²) in [6.45, 7) is 1.50. The number of aryl methyl sites for hydroxylation is 1. The van der Waals surface area contributed by atoms with E-state index < -0.39 is 0 Å². The van der Waals surface area contributed by atoms with Crippen molar-refractivity contribution in [3.05, 3.63) is 77.7 Å². The number of methoxy groups -OCH3 is 1. The standard InChI is InChI=1S/C25H27N7O3/c1-31(16-17-7-9-27-10-8-17)24(34)19-14-21-22(28-15-19)32(11-4-12-35-2)25(29-21)30-23(33)18-5-3-6-20(26)13-18/h3,5-10,13-15H,4,11-12,16,26H2,1-2H3,(H,29,30,33). The van der Waals surface area contributed by atoms with Crippen LogP contribution in [0, 0.1) is 0 Å². The van der Waals surface area contributed by atoms with Gasteiger partial charge in [-0.1, -0.05) is 6.07 Å². The molecule has 4 rings (SSSR count). The van der Waals surface area contributed by atoms with Crippen molar-refractivity contribution in [2.75, 3.05) is 31.8 Å². The summed E-state index contributed by atoms with van der Waals surface area (Å²) >= 11 is 0. The van der Waals surface area contributed by atoms with Crippen LogP contribution in [0.4, 0.5) is 11.6 Å². The number of amides is 2. The van der Waals surface area contributed by atoms with E-state index in [1.807, 2.05) is 16.7 Å². The molecule has 3 N–H and O–H groups in total. The summed E-state index contributed by atoms with van der Waals surface area (Å²) in [5.74, 6) is -0.185. The second-order valence-electron chi connectivity index (χ2n) is 8.10. The number of pyridine rings is 2. The van der Waals surface area contributed by atoms with Gasteiger partial charge in [0.2, 0.25) is 5.95 Å². The monoisotopic (exact) mass is 473 g/mol. The Kier molecular flexibility index (Phi) is 7.32. The molecule has 180 valence electrons. The molecule has 3 heterocycles. The first kappa shape index (κ1) is 23.8. The lowest BCUT2D eigenvalue weighted by Gasteiger charge is -2.17. The summed E-state index contributed by atoms with van der Waals surface area (Å²) in [4.78, 5) is 40.6. The Morgan fingerprint density at radius 2 is 1.94 bits per heavy atom. The smallest absolute Gasteiger partial charge is 0.258 e. The second-order valence-corrected chi connectivity index (χ2v) is 8.10. The minimum atomic E-state index is -0.339. The highest BCUT2D eigenvalue weighted by Gasteiger charge is 2.19. The van der Waals surface area contributed by atoms with Gasteiger partial charge >= 0.3 is 0 Å². The number of aromatic nitrogens is 4. The molecule has 35 heavy (non-hydrogen) atoms. The molecule has 0 atom stereocenters. The number of anilines is 2. The van der Waals surface area contributed by atoms with Crippen molar-refractivity contribution in [3.63, 3.8) is 0 Å². The molecule has 0 aliphatic carbocycles. The van der Waals surface area contributed by atoms with Crippen LogP contribution >= 0.6 is 0 Å². The fourth-order valence-corrected chi connectivity index (χ4v) is 3.71. The van der Waals surface area contributed by atoms with Crippen LogP contribution in [-0.4, -0.2) is 57.0 Å². The number of rotatable bonds is 9. The first-order chi connectivity index (χ1) is 17.0. The molecule has 0 saturated carbocycles. The van der Waals surface area contributed by atoms with Crippen LogP contribution in [-0.2, 0) is 17.8 Å². The van der Waals surface area contributed by atoms with E-state index >= 15 is 0 Å². The van der Waals surface area contributed by atoms with Gasteiger partial charge in [-0.15, -0.1) is 0 Å². The minimum Gasteiger partial charge on any atom is -0.399 e. The quantitative estimate of drug-likeness (QED) is 0.282. The highest BCUT2D eigenvalue weighted by molar-refractivity contribution is 6.04. The number of fused-ring (bicyclic) bond motifs is 1. The maximum atomic E-state index is 13.0. The van der Waals surface area contributed by atoms with Gasteiger partial charge in [-0.2, -0.15) is 0 Å². The van der Waals surface area contributed by atoms with Gasteiger partial charge in [-0.3, -0.25) is 24.5 Å². The third-order valence-electron chi connectivity index (χ3n) is 5.45. The molecule has 1 aromatic carbocycles. The summed E-state index contributed by atoms with van der Waals surface area (Å²) < 4.78 is 6.98. The number of carbonyl (C=O) groups excluding carboxylic acids is 2. The number of imidazole rings is 1. The van der Waals surface area contributed by atoms with Crippen LogP contribution in [0.3, 0.4) is 0 Å². The van der Waals surface area contributed by atoms with Crippen LogP contribution in [0.2, 0.25) is 0 Å². The molecular formula is C25H27N7O3. The molecule has 0 radical (unpaired) electrons. The largest absolute Gasteiger partial charge is 0.399 e. The first-order valence-corrected chi connectivity index (χ1v) is 11.1. The lowest BCUT2D eigenvalue weighted by molar-refractivity contribution is 0.0784. The van der Waals surface area contributed by atoms with Crippen LogP contribution in [0.5, 0.6) is 0 Å². The Hall–Kier alpha value is -4.31. The van der Waals surface area contributed by atoms with E-state index in [0.717, 1.165) is 5.56 Å². The number of nitrogen functional groups attached to an aromatic ring is 1. The van der Waals surface area contributed by atoms with Gasteiger partial charge in [-0.05, 0) is 48.4 Å². The number of nitrogens with two attached hydrogens (primary N) is 1. The average Bonchev–Trinajstić information content (AvgIpc) is 3.20. The number of carbonyl (C=O) groups is 2. The predicted octanol–water partition coefficient (Wildman–Crippen LogP) is 2.97. The van der Waals surface area contributed by atoms with E-state index in [9.17, 15) is 9.59 Å². The molecule has 10 heteroatoms. The van der Waals surface area contributed by atoms with Crippen LogP contribution < -0.4 is 11.1 Å². The normalized spacial score (nSPS) is 10.9. The average molecular weight is 474 g/mol. The summed E-state index contributed by atoms with van der Waals surface area (Å²) in [7, 11) is 3.36. The number of hydrogen-bond donors (Lipinski definition) is 2. The van der Waals surface area contributed by atoms with Crippen LogP contribution in [0.25, 0.3) is 11.2 Å². The lowest BCUT2D eigenvalue weighted by atomic mass is 10.2. The number of ether oxygens (including phenoxy) is 1. The highest BCUT2D eigenvalue weighted by Crippen LogP contribution is 2.21. The van der Waals surface area contributed by atoms with Gasteiger partial charge in [-0.25, -0.2) is 9.97 Å². The van der Waals surface area contributed by atoms with Gasteiger partial charge in [0.1, 0.15) is 5.52 Å². The summed E-state index contributed by atoms with van der Waals surface area (Å²) in [5, 5.41) is 2.85. The summed E-state index contributed by atoms with van der Waals surface area (Å²) in [5.41, 5.74) is 9.18. The molecule has 0 spiro atoms. The maximum Gasteiger partial charge on any atom is 0.258 e. The van der Waals surface area contributed by atoms with E-state index in [0.29, 0.717) is 60.0 Å². The Morgan fingerprint density at radius 1 is 1.14 bits per heavy atom. The predicted molar refractivity (Wildman–Crippen MR) is 133 cm³/mol. The fraction of sp³-hybridized carbons (Fsp3) is 0.240. The number of nitrogens with zero attached hydrogens (tertiary/aromatic N) is 5. The lowest BCUT2D eigenvalue weighted by Crippen LogP contribution is -2.26. The van der Waals surface area contributed by atoms with Crippen molar-refractivity contribution >= 4 is 34.6 Å². The Morgan fingerprint density at radius 3 is 2.69 bits per heavy atom. The van der Waals surface area contributed by atoms with Crippen LogP contribution in [0.15, 0.2) is 61.1 Å². The van der Waals surface area contributed by atoms with Gasteiger partial charge in [0.25, 0.3) is 11.8 Å². The first-order valence-electron chi connectivity index (χ1n) is 11.1. The molecule has 10 nitrogen and oxygen atoms in total. The molecule has 0 bridgehead atoms. The molecule has 2 amide bonds. The van der Waals surface area contributed by atoms with Crippen molar-refractivity contribution in [1.29, 1.82) is 0 Å². The van der Waals surface area contributed by atoms with Crippen molar-refractivity contribution in [1.82, 2.24) is 24.4 Å². The summed E-state index contributed by atoms with van der Waals surface area (Å²) in [6.07, 6.45) is 5.61. The zero-order valence-corrected chi connectivity index (χ0v) is 19.6. The molecule has 0 aliphatic rings. The van der Waals surface area contributed by atoms with Gasteiger partial charge in [0, 0.05) is 63.7 Å². The van der Waals surface area contributed by atoms with Gasteiger partial charge in [0.05, 0.1) is 5.56 Å². The van der Waals surface area contributed by atoms with E-state index in [-0.39, 0.29) is 11.8 Å². The molecule has 0 fully saturated rings. The molecule has 3 aromatic heterocycles. The molecule has 0 aliphatic heterocycles. The maximum absolute atomic E-state index is 13.0. The Bertz CT molecular complexity index is 1340. The Balaban J connectivity index is 1.61. The highest BCUT2D eigenvalue weighted by atomic mass is 16.5. The molecule has 4 aromatic rings. The number of nitrogens with one attached hydrogen (secondary N) is 1. The SMILES string of the molecule is COCCCn1c(NC(=O)c2cccc(N)c2)nc2cc(C(=O)N(C)Cc3ccncc3)cnc21. The third-order valence-corrected chi connectivity index (χ3v) is 5.45. The van der Waals surface area contributed by atoms with Crippen LogP contribution in [0.1, 0.15) is 32.7 Å². The van der Waals surface area contributed by atoms with Crippen molar-refractivity contribution in [2.24, 2.45) is 0 Å². The van der Waals surface area contributed by atoms with E-state index in [4.69, 9.17) is 10.5 Å². The number of hydrogen-bond acceptors (Lipinski definition) is 7. The zero-order valence-electron chi connectivity index (χ0n) is 19.6. The van der Waals surface area contributed by atoms with E-state index in [2.05, 4.69) is 20.3 Å². The molecule has 0 saturated heterocycles. The van der Waals surface area contributed by atoms with Crippen molar-refractivity contribution in [3.8, 4) is 0 Å². The van der Waals surface area contributed by atoms with Crippen molar-refractivity contribution in [2.45, 2.75) is 19.5 Å². The minimum absolute atomic E-state index is 0.185. The fourth-order valence-electron chi connectivity index (χ4n) is 3.71. The second kappa shape index (κ2) is 10.7. The Labute approximate surface area is 202 Å². The summed E-state index contributed by atoms with van der Waals surface area (Å²) in [6, 6.07) is 12.1. The molecular weight excluding hydrogens is 446 g/mol. The third kappa shape index (κ3) is 5.61. The van der Waals surface area contributed by atoms with Crippen molar-refractivity contribution < 1.29 is 14.3 Å². The van der Waals surface area contributed by atoms with E-state index in [1.165, 1.54) is 6.20 Å². The van der Waals surface area contributed by atoms with Gasteiger partial charge < -0.3 is 15.4 Å². The van der Waals surface area contributed by atoms with Gasteiger partial charge in [0.15, 0.2) is 5.65 Å². The van der Waals surface area contributed by atoms with E-state index in [1.54, 1.807) is 61.8 Å². The number of benzene rings is 1. The zero-order chi connectivity index (χ0) is 24.8. The molecule has 0 unspecified atom stereocenters.